The highest BCUT2D eigenvalue weighted by Crippen LogP contribution is 2.68. The lowest BCUT2D eigenvalue weighted by Crippen LogP contribution is -2.56. The molecule has 7 atom stereocenters. The Balaban J connectivity index is 1.50. The molecule has 0 saturated heterocycles. The smallest absolute Gasteiger partial charge is 0.155 e. The van der Waals surface area contributed by atoms with E-state index in [4.69, 9.17) is 0 Å². The molecule has 3 saturated carbocycles. The number of Topliss-reactive ketones (excluding diaryl/α,β-unsaturated/α-hetero) is 1. The van der Waals surface area contributed by atoms with E-state index in [0.29, 0.717) is 23.0 Å². The van der Waals surface area contributed by atoms with E-state index in [0.717, 1.165) is 42.8 Å². The van der Waals surface area contributed by atoms with Crippen molar-refractivity contribution in [1.29, 1.82) is 0 Å². The van der Waals surface area contributed by atoms with Gasteiger partial charge in [0.05, 0.1) is 0 Å². The standard InChI is InChI=1S/C25H34N2O/c1-4-16-14-17-15-18(28)8-10-24(17,2)20-9-11-25(3)19(22(16)20)6-7-21(25)23-26-12-5-13-27-23/h5,7,12-13,16-17,19-20,22H,4,6,8-11,14-15H2,1-3H3/t16-,17?,19+,20+,22+,24+,25+/m1/s1. The van der Waals surface area contributed by atoms with Crippen molar-refractivity contribution in [2.45, 2.75) is 72.1 Å². The maximum Gasteiger partial charge on any atom is 0.155 e. The average Bonchev–Trinajstić information content (AvgIpc) is 3.06. The SMILES string of the molecule is CC[C@@H]1CC2CC(=O)CC[C@]2(C)[C@H]2CC[C@]3(C)C(c4ncccn4)=CC[C@H]3[C@H]12. The van der Waals surface area contributed by atoms with E-state index in [1.165, 1.54) is 37.7 Å². The van der Waals surface area contributed by atoms with Crippen molar-refractivity contribution in [3.63, 3.8) is 0 Å². The van der Waals surface area contributed by atoms with Crippen LogP contribution in [0.25, 0.3) is 5.57 Å². The lowest BCUT2D eigenvalue weighted by molar-refractivity contribution is -0.146. The minimum absolute atomic E-state index is 0.212. The van der Waals surface area contributed by atoms with Gasteiger partial charge in [-0.1, -0.05) is 33.3 Å². The summed E-state index contributed by atoms with van der Waals surface area (Å²) in [5.41, 5.74) is 1.98. The van der Waals surface area contributed by atoms with Crippen LogP contribution in [0.1, 0.15) is 78.0 Å². The first-order valence-corrected chi connectivity index (χ1v) is 11.5. The summed E-state index contributed by atoms with van der Waals surface area (Å²) in [6.07, 6.45) is 15.3. The zero-order valence-electron chi connectivity index (χ0n) is 17.7. The fourth-order valence-corrected chi connectivity index (χ4v) is 8.00. The normalized spacial score (nSPS) is 45.0. The van der Waals surface area contributed by atoms with E-state index in [-0.39, 0.29) is 5.41 Å². The Morgan fingerprint density at radius 1 is 1.14 bits per heavy atom. The molecule has 0 spiro atoms. The number of ketones is 1. The molecule has 1 aromatic heterocycles. The van der Waals surface area contributed by atoms with Crippen molar-refractivity contribution in [3.8, 4) is 0 Å². The number of fused-ring (bicyclic) bond motifs is 5. The Hall–Kier alpha value is -1.51. The molecule has 1 aromatic rings. The van der Waals surface area contributed by atoms with E-state index >= 15 is 0 Å². The average molecular weight is 379 g/mol. The second-order valence-electron chi connectivity index (χ2n) is 10.5. The number of aromatic nitrogens is 2. The van der Waals surface area contributed by atoms with Gasteiger partial charge in [-0.25, -0.2) is 9.97 Å². The largest absolute Gasteiger partial charge is 0.300 e. The second kappa shape index (κ2) is 6.50. The van der Waals surface area contributed by atoms with E-state index in [2.05, 4.69) is 36.8 Å². The van der Waals surface area contributed by atoms with Crippen LogP contribution in [0.5, 0.6) is 0 Å². The molecular formula is C25H34N2O. The third kappa shape index (κ3) is 2.50. The molecule has 0 radical (unpaired) electrons. The van der Waals surface area contributed by atoms with Crippen LogP contribution in [0.3, 0.4) is 0 Å². The molecular weight excluding hydrogens is 344 g/mol. The molecule has 1 heterocycles. The summed E-state index contributed by atoms with van der Waals surface area (Å²) in [6, 6.07) is 1.91. The zero-order valence-corrected chi connectivity index (χ0v) is 17.7. The van der Waals surface area contributed by atoms with Crippen LogP contribution in [0, 0.1) is 40.4 Å². The quantitative estimate of drug-likeness (QED) is 0.661. The molecule has 3 nitrogen and oxygen atoms in total. The van der Waals surface area contributed by atoms with E-state index in [1.807, 2.05) is 18.5 Å². The van der Waals surface area contributed by atoms with Crippen molar-refractivity contribution >= 4 is 11.4 Å². The molecule has 4 aliphatic rings. The lowest BCUT2D eigenvalue weighted by Gasteiger charge is -2.62. The lowest BCUT2D eigenvalue weighted by atomic mass is 9.42. The molecule has 0 bridgehead atoms. The van der Waals surface area contributed by atoms with Gasteiger partial charge in [0.2, 0.25) is 0 Å². The molecule has 0 amide bonds. The number of rotatable bonds is 2. The number of allylic oxidation sites excluding steroid dienone is 2. The van der Waals surface area contributed by atoms with Gasteiger partial charge in [0, 0.05) is 25.2 Å². The van der Waals surface area contributed by atoms with Crippen molar-refractivity contribution in [3.05, 3.63) is 30.4 Å². The summed E-state index contributed by atoms with van der Waals surface area (Å²) in [6.45, 7) is 7.42. The molecule has 0 N–H and O–H groups in total. The minimum Gasteiger partial charge on any atom is -0.300 e. The van der Waals surface area contributed by atoms with Crippen LogP contribution in [0.15, 0.2) is 24.5 Å². The molecule has 5 rings (SSSR count). The Morgan fingerprint density at radius 3 is 2.68 bits per heavy atom. The van der Waals surface area contributed by atoms with Gasteiger partial charge in [-0.3, -0.25) is 4.79 Å². The Bertz CT molecular complexity index is 802. The topological polar surface area (TPSA) is 42.9 Å². The van der Waals surface area contributed by atoms with E-state index in [9.17, 15) is 4.79 Å². The van der Waals surface area contributed by atoms with Gasteiger partial charge in [-0.15, -0.1) is 0 Å². The third-order valence-electron chi connectivity index (χ3n) is 9.57. The summed E-state index contributed by atoms with van der Waals surface area (Å²) in [4.78, 5) is 21.4. The highest BCUT2D eigenvalue weighted by Gasteiger charge is 2.61. The summed E-state index contributed by atoms with van der Waals surface area (Å²) < 4.78 is 0. The minimum atomic E-state index is 0.212. The van der Waals surface area contributed by atoms with Crippen LogP contribution in [-0.4, -0.2) is 15.8 Å². The molecule has 1 unspecified atom stereocenters. The first kappa shape index (κ1) is 18.5. The molecule has 4 aliphatic carbocycles. The van der Waals surface area contributed by atoms with Gasteiger partial charge < -0.3 is 0 Å². The molecule has 28 heavy (non-hydrogen) atoms. The van der Waals surface area contributed by atoms with Gasteiger partial charge in [-0.2, -0.15) is 0 Å². The molecule has 3 fully saturated rings. The summed E-state index contributed by atoms with van der Waals surface area (Å²) in [7, 11) is 0. The third-order valence-corrected chi connectivity index (χ3v) is 9.57. The van der Waals surface area contributed by atoms with E-state index in [1.54, 1.807) is 0 Å². The predicted molar refractivity (Wildman–Crippen MR) is 111 cm³/mol. The van der Waals surface area contributed by atoms with Crippen LogP contribution >= 0.6 is 0 Å². The van der Waals surface area contributed by atoms with Crippen LogP contribution in [0.4, 0.5) is 0 Å². The van der Waals surface area contributed by atoms with Crippen molar-refractivity contribution in [1.82, 2.24) is 9.97 Å². The van der Waals surface area contributed by atoms with Gasteiger partial charge >= 0.3 is 0 Å². The number of carbonyl (C=O) groups excluding carboxylic acids is 1. The van der Waals surface area contributed by atoms with Crippen molar-refractivity contribution in [2.75, 3.05) is 0 Å². The predicted octanol–water partition coefficient (Wildman–Crippen LogP) is 5.72. The van der Waals surface area contributed by atoms with Crippen LogP contribution in [-0.2, 0) is 4.79 Å². The van der Waals surface area contributed by atoms with Crippen molar-refractivity contribution in [2.24, 2.45) is 40.4 Å². The van der Waals surface area contributed by atoms with Crippen LogP contribution in [0.2, 0.25) is 0 Å². The number of nitrogens with zero attached hydrogens (tertiary/aromatic N) is 2. The monoisotopic (exact) mass is 378 g/mol. The Kier molecular flexibility index (Phi) is 4.30. The Labute approximate surface area is 169 Å². The molecule has 0 aliphatic heterocycles. The summed E-state index contributed by atoms with van der Waals surface area (Å²) >= 11 is 0. The van der Waals surface area contributed by atoms with Gasteiger partial charge in [0.1, 0.15) is 5.78 Å². The molecule has 150 valence electrons. The maximum atomic E-state index is 12.2. The first-order chi connectivity index (χ1) is 13.5. The summed E-state index contributed by atoms with van der Waals surface area (Å²) in [5.74, 6) is 5.14. The summed E-state index contributed by atoms with van der Waals surface area (Å²) in [5, 5.41) is 0. The fraction of sp³-hybridized carbons (Fsp3) is 0.720. The Morgan fingerprint density at radius 2 is 1.93 bits per heavy atom. The molecule has 3 heteroatoms. The van der Waals surface area contributed by atoms with E-state index < -0.39 is 0 Å². The first-order valence-electron chi connectivity index (χ1n) is 11.5. The van der Waals surface area contributed by atoms with Crippen molar-refractivity contribution < 1.29 is 4.79 Å². The fourth-order valence-electron chi connectivity index (χ4n) is 8.00. The number of hydrogen-bond donors (Lipinski definition) is 0. The number of carbonyl (C=O) groups is 1. The highest BCUT2D eigenvalue weighted by molar-refractivity contribution is 5.79. The highest BCUT2D eigenvalue weighted by atomic mass is 16.1. The maximum absolute atomic E-state index is 12.2. The van der Waals surface area contributed by atoms with Gasteiger partial charge in [0.25, 0.3) is 0 Å². The van der Waals surface area contributed by atoms with Gasteiger partial charge in [0.15, 0.2) is 5.82 Å². The van der Waals surface area contributed by atoms with Gasteiger partial charge in [-0.05, 0) is 84.2 Å². The second-order valence-corrected chi connectivity index (χ2v) is 10.5. The molecule has 0 aromatic carbocycles. The number of hydrogen-bond acceptors (Lipinski definition) is 3. The van der Waals surface area contributed by atoms with Crippen LogP contribution < -0.4 is 0 Å². The zero-order chi connectivity index (χ0) is 19.5.